The van der Waals surface area contributed by atoms with Crippen molar-refractivity contribution in [3.63, 3.8) is 0 Å². The Bertz CT molecular complexity index is 582. The molecule has 2 heterocycles. The third-order valence-corrected chi connectivity index (χ3v) is 3.03. The maximum atomic E-state index is 11.8. The highest BCUT2D eigenvalue weighted by Gasteiger charge is 2.32. The van der Waals surface area contributed by atoms with Crippen LogP contribution in [0.15, 0.2) is 18.3 Å². The summed E-state index contributed by atoms with van der Waals surface area (Å²) in [4.78, 5) is 28.6. The molecule has 7 nitrogen and oxygen atoms in total. The Kier molecular flexibility index (Phi) is 4.72. The molecule has 1 aromatic rings. The van der Waals surface area contributed by atoms with E-state index in [4.69, 9.17) is 10.00 Å². The molecular weight excluding hydrogens is 274 g/mol. The third-order valence-electron chi connectivity index (χ3n) is 3.03. The predicted molar refractivity (Wildman–Crippen MR) is 71.2 cm³/mol. The summed E-state index contributed by atoms with van der Waals surface area (Å²) >= 11 is 0. The van der Waals surface area contributed by atoms with Crippen LogP contribution in [0.3, 0.4) is 0 Å². The number of esters is 1. The van der Waals surface area contributed by atoms with Crippen molar-refractivity contribution in [2.75, 3.05) is 19.7 Å². The van der Waals surface area contributed by atoms with Crippen LogP contribution in [0.2, 0.25) is 0 Å². The highest BCUT2D eigenvalue weighted by Crippen LogP contribution is 2.17. The van der Waals surface area contributed by atoms with Crippen molar-refractivity contribution >= 4 is 11.9 Å². The molecule has 7 heteroatoms. The number of aromatic nitrogens is 1. The molecule has 110 valence electrons. The SMILES string of the molecule is CCOC(=O)C(=O)N1CCC(Oc2cc(C#N)ccn2)C1. The second kappa shape index (κ2) is 6.70. The monoisotopic (exact) mass is 289 g/mol. The van der Waals surface area contributed by atoms with Crippen molar-refractivity contribution < 1.29 is 19.1 Å². The Morgan fingerprint density at radius 3 is 3.10 bits per heavy atom. The summed E-state index contributed by atoms with van der Waals surface area (Å²) in [5, 5.41) is 8.81. The van der Waals surface area contributed by atoms with Crippen molar-refractivity contribution in [1.82, 2.24) is 9.88 Å². The van der Waals surface area contributed by atoms with Crippen LogP contribution in [-0.2, 0) is 14.3 Å². The van der Waals surface area contributed by atoms with Gasteiger partial charge in [0.1, 0.15) is 6.10 Å². The van der Waals surface area contributed by atoms with Crippen LogP contribution in [0, 0.1) is 11.3 Å². The van der Waals surface area contributed by atoms with Gasteiger partial charge in [0, 0.05) is 25.2 Å². The molecule has 1 unspecified atom stereocenters. The van der Waals surface area contributed by atoms with E-state index in [0.29, 0.717) is 31.0 Å². The first-order valence-corrected chi connectivity index (χ1v) is 6.63. The Labute approximate surface area is 122 Å². The van der Waals surface area contributed by atoms with E-state index < -0.39 is 11.9 Å². The molecule has 1 aliphatic rings. The van der Waals surface area contributed by atoms with E-state index in [-0.39, 0.29) is 12.7 Å². The average Bonchev–Trinajstić information content (AvgIpc) is 2.95. The fourth-order valence-corrected chi connectivity index (χ4v) is 2.04. The molecule has 0 aliphatic carbocycles. The van der Waals surface area contributed by atoms with Crippen molar-refractivity contribution in [2.45, 2.75) is 19.4 Å². The Hall–Kier alpha value is -2.62. The molecule has 1 saturated heterocycles. The first kappa shape index (κ1) is 14.8. The minimum atomic E-state index is -0.845. The molecule has 1 aromatic heterocycles. The van der Waals surface area contributed by atoms with Gasteiger partial charge in [0.05, 0.1) is 24.8 Å². The van der Waals surface area contributed by atoms with Gasteiger partial charge < -0.3 is 14.4 Å². The van der Waals surface area contributed by atoms with Crippen LogP contribution in [-0.4, -0.2) is 47.6 Å². The zero-order chi connectivity index (χ0) is 15.2. The van der Waals surface area contributed by atoms with Crippen LogP contribution in [0.25, 0.3) is 0 Å². The second-order valence-corrected chi connectivity index (χ2v) is 4.49. The van der Waals surface area contributed by atoms with E-state index in [9.17, 15) is 9.59 Å². The molecule has 1 fully saturated rings. The lowest BCUT2D eigenvalue weighted by Gasteiger charge is -2.15. The lowest BCUT2D eigenvalue weighted by atomic mass is 10.3. The summed E-state index contributed by atoms with van der Waals surface area (Å²) < 4.78 is 10.3. The summed E-state index contributed by atoms with van der Waals surface area (Å²) in [6, 6.07) is 5.12. The summed E-state index contributed by atoms with van der Waals surface area (Å²) in [5.74, 6) is -1.16. The molecule has 1 atom stereocenters. The number of nitrogens with zero attached hydrogens (tertiary/aromatic N) is 3. The maximum absolute atomic E-state index is 11.8. The number of hydrogen-bond acceptors (Lipinski definition) is 6. The van der Waals surface area contributed by atoms with Gasteiger partial charge in [-0.3, -0.25) is 4.79 Å². The van der Waals surface area contributed by atoms with Crippen LogP contribution in [0.1, 0.15) is 18.9 Å². The fraction of sp³-hybridized carbons (Fsp3) is 0.429. The topological polar surface area (TPSA) is 92.5 Å². The van der Waals surface area contributed by atoms with Crippen molar-refractivity contribution in [2.24, 2.45) is 0 Å². The lowest BCUT2D eigenvalue weighted by molar-refractivity contribution is -0.159. The van der Waals surface area contributed by atoms with Crippen LogP contribution in [0.5, 0.6) is 5.88 Å². The minimum Gasteiger partial charge on any atom is -0.472 e. The molecule has 0 saturated carbocycles. The van der Waals surface area contributed by atoms with Gasteiger partial charge in [-0.25, -0.2) is 9.78 Å². The summed E-state index contributed by atoms with van der Waals surface area (Å²) in [7, 11) is 0. The standard InChI is InChI=1S/C14H15N3O4/c1-2-20-14(19)13(18)17-6-4-11(9-17)21-12-7-10(8-15)3-5-16-12/h3,5,7,11H,2,4,6,9H2,1H3. The molecular formula is C14H15N3O4. The first-order valence-electron chi connectivity index (χ1n) is 6.63. The first-order chi connectivity index (χ1) is 10.1. The molecule has 2 rings (SSSR count). The number of pyridine rings is 1. The highest BCUT2D eigenvalue weighted by molar-refractivity contribution is 6.32. The van der Waals surface area contributed by atoms with Gasteiger partial charge in [0.2, 0.25) is 5.88 Å². The van der Waals surface area contributed by atoms with E-state index in [1.54, 1.807) is 13.0 Å². The Morgan fingerprint density at radius 2 is 2.38 bits per heavy atom. The van der Waals surface area contributed by atoms with Gasteiger partial charge >= 0.3 is 11.9 Å². The zero-order valence-corrected chi connectivity index (χ0v) is 11.6. The van der Waals surface area contributed by atoms with E-state index in [1.165, 1.54) is 17.2 Å². The smallest absolute Gasteiger partial charge is 0.397 e. The molecule has 0 N–H and O–H groups in total. The number of carbonyl (C=O) groups excluding carboxylic acids is 2. The number of carbonyl (C=O) groups is 2. The number of ether oxygens (including phenoxy) is 2. The van der Waals surface area contributed by atoms with Crippen LogP contribution in [0.4, 0.5) is 0 Å². The van der Waals surface area contributed by atoms with Gasteiger partial charge in [-0.05, 0) is 13.0 Å². The fourth-order valence-electron chi connectivity index (χ4n) is 2.04. The molecule has 0 radical (unpaired) electrons. The van der Waals surface area contributed by atoms with E-state index >= 15 is 0 Å². The van der Waals surface area contributed by atoms with Crippen molar-refractivity contribution in [3.8, 4) is 11.9 Å². The zero-order valence-electron chi connectivity index (χ0n) is 11.6. The van der Waals surface area contributed by atoms with Crippen molar-refractivity contribution in [3.05, 3.63) is 23.9 Å². The minimum absolute atomic E-state index is 0.170. The third kappa shape index (κ3) is 3.69. The molecule has 21 heavy (non-hydrogen) atoms. The molecule has 0 bridgehead atoms. The van der Waals surface area contributed by atoms with Crippen molar-refractivity contribution in [1.29, 1.82) is 5.26 Å². The maximum Gasteiger partial charge on any atom is 0.397 e. The van der Waals surface area contributed by atoms with Gasteiger partial charge in [-0.15, -0.1) is 0 Å². The second-order valence-electron chi connectivity index (χ2n) is 4.49. The lowest BCUT2D eigenvalue weighted by Crippen LogP contribution is -2.37. The molecule has 0 spiro atoms. The predicted octanol–water partition coefficient (Wildman–Crippen LogP) is 0.496. The largest absolute Gasteiger partial charge is 0.472 e. The van der Waals surface area contributed by atoms with Gasteiger partial charge in [0.25, 0.3) is 0 Å². The quantitative estimate of drug-likeness (QED) is 0.594. The van der Waals surface area contributed by atoms with E-state index in [0.717, 1.165) is 0 Å². The number of rotatable bonds is 3. The number of likely N-dealkylation sites (tertiary alicyclic amines) is 1. The van der Waals surface area contributed by atoms with E-state index in [2.05, 4.69) is 9.72 Å². The molecule has 1 amide bonds. The van der Waals surface area contributed by atoms with Gasteiger partial charge in [-0.2, -0.15) is 5.26 Å². The van der Waals surface area contributed by atoms with Crippen LogP contribution >= 0.6 is 0 Å². The van der Waals surface area contributed by atoms with Crippen LogP contribution < -0.4 is 4.74 Å². The normalized spacial score (nSPS) is 17.1. The number of amides is 1. The Morgan fingerprint density at radius 1 is 1.57 bits per heavy atom. The molecule has 1 aliphatic heterocycles. The van der Waals surface area contributed by atoms with Gasteiger partial charge in [0.15, 0.2) is 0 Å². The van der Waals surface area contributed by atoms with Gasteiger partial charge in [-0.1, -0.05) is 0 Å². The summed E-state index contributed by atoms with van der Waals surface area (Å²) in [6.07, 6.45) is 1.85. The molecule has 0 aromatic carbocycles. The summed E-state index contributed by atoms with van der Waals surface area (Å²) in [5.41, 5.74) is 0.456. The number of nitriles is 1. The average molecular weight is 289 g/mol. The Balaban J connectivity index is 1.92. The number of hydrogen-bond donors (Lipinski definition) is 0. The van der Waals surface area contributed by atoms with E-state index in [1.807, 2.05) is 6.07 Å². The summed E-state index contributed by atoms with van der Waals surface area (Å²) in [6.45, 7) is 2.55. The highest BCUT2D eigenvalue weighted by atomic mass is 16.5.